The minimum Gasteiger partial charge on any atom is -0.319 e. The molecule has 0 spiro atoms. The molecule has 0 bridgehead atoms. The predicted molar refractivity (Wildman–Crippen MR) is 70.8 cm³/mol. The lowest BCUT2D eigenvalue weighted by Gasteiger charge is -2.38. The van der Waals surface area contributed by atoms with Crippen LogP contribution in [0.1, 0.15) is 39.4 Å². The molecule has 1 aliphatic rings. The maximum absolute atomic E-state index is 12.0. The van der Waals surface area contributed by atoms with Gasteiger partial charge in [0.1, 0.15) is 6.17 Å². The summed E-state index contributed by atoms with van der Waals surface area (Å²) in [6.45, 7) is 9.10. The minimum atomic E-state index is 0.0444. The van der Waals surface area contributed by atoms with Crippen LogP contribution in [0.5, 0.6) is 0 Å². The predicted octanol–water partition coefficient (Wildman–Crippen LogP) is 2.61. The summed E-state index contributed by atoms with van der Waals surface area (Å²) < 4.78 is 0. The molecule has 0 saturated carbocycles. The van der Waals surface area contributed by atoms with Crippen molar-refractivity contribution in [3.8, 4) is 0 Å². The van der Waals surface area contributed by atoms with Crippen LogP contribution < -0.4 is 5.32 Å². The van der Waals surface area contributed by atoms with Crippen LogP contribution in [0.15, 0.2) is 16.8 Å². The first-order valence-electron chi connectivity index (χ1n) is 5.98. The van der Waals surface area contributed by atoms with Gasteiger partial charge in [0.15, 0.2) is 0 Å². The Morgan fingerprint density at radius 3 is 2.76 bits per heavy atom. The number of hydrogen-bond acceptors (Lipinski definition) is 3. The molecule has 1 fully saturated rings. The summed E-state index contributed by atoms with van der Waals surface area (Å²) in [6.07, 6.45) is 0.0444. The molecule has 2 heterocycles. The zero-order chi connectivity index (χ0) is 12.6. The van der Waals surface area contributed by atoms with E-state index >= 15 is 0 Å². The van der Waals surface area contributed by atoms with Crippen LogP contribution in [0.2, 0.25) is 0 Å². The summed E-state index contributed by atoms with van der Waals surface area (Å²) in [5.41, 5.74) is 1.28. The van der Waals surface area contributed by atoms with Crippen LogP contribution in [-0.4, -0.2) is 23.4 Å². The highest BCUT2D eigenvalue weighted by Gasteiger charge is 2.39. The zero-order valence-corrected chi connectivity index (χ0v) is 11.7. The summed E-state index contributed by atoms with van der Waals surface area (Å²) in [5.74, 6) is 0.198. The number of amides is 1. The Labute approximate surface area is 107 Å². The Morgan fingerprint density at radius 1 is 1.53 bits per heavy atom. The first-order valence-corrected chi connectivity index (χ1v) is 6.92. The van der Waals surface area contributed by atoms with E-state index in [1.54, 1.807) is 11.3 Å². The van der Waals surface area contributed by atoms with E-state index in [1.807, 2.05) is 4.90 Å². The van der Waals surface area contributed by atoms with Gasteiger partial charge in [0.2, 0.25) is 5.91 Å². The molecular formula is C13H20N2OS. The molecule has 1 aliphatic heterocycles. The molecule has 1 aromatic rings. The number of carbonyl (C=O) groups is 1. The third-order valence-electron chi connectivity index (χ3n) is 3.54. The molecule has 2 unspecified atom stereocenters. The van der Waals surface area contributed by atoms with Gasteiger partial charge in [-0.15, -0.1) is 0 Å². The Hall–Kier alpha value is -0.870. The minimum absolute atomic E-state index is 0.0444. The summed E-state index contributed by atoms with van der Waals surface area (Å²) in [6, 6.07) is 2.30. The van der Waals surface area contributed by atoms with Gasteiger partial charge in [0.25, 0.3) is 0 Å². The Bertz CT molecular complexity index is 394. The fourth-order valence-electron chi connectivity index (χ4n) is 2.08. The van der Waals surface area contributed by atoms with Gasteiger partial charge in [-0.2, -0.15) is 11.3 Å². The zero-order valence-electron chi connectivity index (χ0n) is 10.9. The molecule has 94 valence electrons. The summed E-state index contributed by atoms with van der Waals surface area (Å²) >= 11 is 1.67. The van der Waals surface area contributed by atoms with E-state index in [2.05, 4.69) is 49.8 Å². The molecule has 2 rings (SSSR count). The van der Waals surface area contributed by atoms with E-state index in [1.165, 1.54) is 5.56 Å². The van der Waals surface area contributed by atoms with Gasteiger partial charge in [-0.25, -0.2) is 0 Å². The van der Waals surface area contributed by atoms with Crippen molar-refractivity contribution in [1.29, 1.82) is 0 Å². The van der Waals surface area contributed by atoms with E-state index < -0.39 is 0 Å². The smallest absolute Gasteiger partial charge is 0.238 e. The first-order chi connectivity index (χ1) is 7.91. The average Bonchev–Trinajstić information content (AvgIpc) is 2.83. The van der Waals surface area contributed by atoms with Crippen molar-refractivity contribution in [2.75, 3.05) is 6.54 Å². The second-order valence-electron chi connectivity index (χ2n) is 5.68. The van der Waals surface area contributed by atoms with Gasteiger partial charge < -0.3 is 4.90 Å². The van der Waals surface area contributed by atoms with Crippen LogP contribution in [0, 0.1) is 5.41 Å². The van der Waals surface area contributed by atoms with E-state index in [9.17, 15) is 4.79 Å². The SMILES string of the molecule is CC(N1C(=O)CNC1c1ccsc1)C(C)(C)C. The highest BCUT2D eigenvalue weighted by Crippen LogP contribution is 2.33. The number of hydrogen-bond donors (Lipinski definition) is 1. The molecule has 1 saturated heterocycles. The van der Waals surface area contributed by atoms with Crippen molar-refractivity contribution in [3.63, 3.8) is 0 Å². The van der Waals surface area contributed by atoms with Crippen LogP contribution in [0.25, 0.3) is 0 Å². The van der Waals surface area contributed by atoms with Crippen molar-refractivity contribution < 1.29 is 4.79 Å². The topological polar surface area (TPSA) is 32.3 Å². The average molecular weight is 252 g/mol. The molecule has 2 atom stereocenters. The second kappa shape index (κ2) is 4.42. The number of thiophene rings is 1. The number of nitrogens with one attached hydrogen (secondary N) is 1. The maximum Gasteiger partial charge on any atom is 0.238 e. The van der Waals surface area contributed by atoms with E-state index in [4.69, 9.17) is 0 Å². The lowest BCUT2D eigenvalue weighted by Crippen LogP contribution is -2.44. The molecule has 0 aliphatic carbocycles. The summed E-state index contributed by atoms with van der Waals surface area (Å²) in [5, 5.41) is 7.46. The fourth-order valence-corrected chi connectivity index (χ4v) is 2.76. The number of nitrogens with zero attached hydrogens (tertiary/aromatic N) is 1. The monoisotopic (exact) mass is 252 g/mol. The van der Waals surface area contributed by atoms with Gasteiger partial charge in [0, 0.05) is 6.04 Å². The quantitative estimate of drug-likeness (QED) is 0.877. The molecule has 0 radical (unpaired) electrons. The Balaban J connectivity index is 2.26. The van der Waals surface area contributed by atoms with E-state index in [0.717, 1.165) is 0 Å². The second-order valence-corrected chi connectivity index (χ2v) is 6.46. The van der Waals surface area contributed by atoms with Crippen molar-refractivity contribution in [2.24, 2.45) is 5.41 Å². The molecule has 0 aromatic carbocycles. The van der Waals surface area contributed by atoms with Crippen molar-refractivity contribution in [1.82, 2.24) is 10.2 Å². The molecule has 3 nitrogen and oxygen atoms in total. The highest BCUT2D eigenvalue weighted by atomic mass is 32.1. The standard InChI is InChI=1S/C13H20N2OS/c1-9(13(2,3)4)15-11(16)7-14-12(15)10-5-6-17-8-10/h5-6,8-9,12,14H,7H2,1-4H3. The Kier molecular flexibility index (Phi) is 3.27. The number of carbonyl (C=O) groups excluding carboxylic acids is 1. The summed E-state index contributed by atoms with van der Waals surface area (Å²) in [7, 11) is 0. The lowest BCUT2D eigenvalue weighted by molar-refractivity contribution is -0.132. The van der Waals surface area contributed by atoms with E-state index in [-0.39, 0.29) is 23.5 Å². The summed E-state index contributed by atoms with van der Waals surface area (Å²) in [4.78, 5) is 14.0. The Morgan fingerprint density at radius 2 is 2.24 bits per heavy atom. The molecule has 1 aromatic heterocycles. The van der Waals surface area contributed by atoms with Gasteiger partial charge >= 0.3 is 0 Å². The normalized spacial score (nSPS) is 23.2. The van der Waals surface area contributed by atoms with Gasteiger partial charge in [0.05, 0.1) is 6.54 Å². The third-order valence-corrected chi connectivity index (χ3v) is 4.24. The molecule has 17 heavy (non-hydrogen) atoms. The van der Waals surface area contributed by atoms with Crippen LogP contribution >= 0.6 is 11.3 Å². The van der Waals surface area contributed by atoms with Gasteiger partial charge in [-0.05, 0) is 34.7 Å². The van der Waals surface area contributed by atoms with Gasteiger partial charge in [-0.3, -0.25) is 10.1 Å². The van der Waals surface area contributed by atoms with E-state index in [0.29, 0.717) is 6.54 Å². The molecule has 4 heteroatoms. The van der Waals surface area contributed by atoms with Crippen molar-refractivity contribution >= 4 is 17.2 Å². The first kappa shape index (κ1) is 12.6. The molecular weight excluding hydrogens is 232 g/mol. The number of rotatable bonds is 2. The van der Waals surface area contributed by atoms with Crippen LogP contribution in [0.3, 0.4) is 0 Å². The lowest BCUT2D eigenvalue weighted by atomic mass is 9.86. The highest BCUT2D eigenvalue weighted by molar-refractivity contribution is 7.07. The molecule has 1 amide bonds. The van der Waals surface area contributed by atoms with Crippen LogP contribution in [0.4, 0.5) is 0 Å². The van der Waals surface area contributed by atoms with Gasteiger partial charge in [-0.1, -0.05) is 20.8 Å². The van der Waals surface area contributed by atoms with Crippen molar-refractivity contribution in [3.05, 3.63) is 22.4 Å². The third kappa shape index (κ3) is 2.38. The largest absolute Gasteiger partial charge is 0.319 e. The van der Waals surface area contributed by atoms with Crippen molar-refractivity contribution in [2.45, 2.75) is 39.9 Å². The molecule has 1 N–H and O–H groups in total. The van der Waals surface area contributed by atoms with Crippen LogP contribution in [-0.2, 0) is 4.79 Å². The fraction of sp³-hybridized carbons (Fsp3) is 0.615. The maximum atomic E-state index is 12.0.